The normalized spacial score (nSPS) is 11.8. The maximum Gasteiger partial charge on any atom is 0.416 e. The van der Waals surface area contributed by atoms with E-state index in [9.17, 15) is 13.2 Å². The second-order valence-corrected chi connectivity index (χ2v) is 3.68. The molecule has 0 saturated carbocycles. The van der Waals surface area contributed by atoms with Gasteiger partial charge in [-0.3, -0.25) is 4.98 Å². The van der Waals surface area contributed by atoms with Gasteiger partial charge in [0.15, 0.2) is 0 Å². The lowest BCUT2D eigenvalue weighted by atomic mass is 10.1. The summed E-state index contributed by atoms with van der Waals surface area (Å²) < 4.78 is 43.0. The molecule has 0 atom stereocenters. The van der Waals surface area contributed by atoms with E-state index < -0.39 is 11.7 Å². The summed E-state index contributed by atoms with van der Waals surface area (Å²) in [6.07, 6.45) is -2.96. The van der Waals surface area contributed by atoms with Gasteiger partial charge in [0.1, 0.15) is 12.4 Å². The van der Waals surface area contributed by atoms with E-state index in [0.717, 1.165) is 12.1 Å². The minimum atomic E-state index is -4.37. The van der Waals surface area contributed by atoms with Crippen molar-refractivity contribution in [3.05, 3.63) is 36.0 Å². The zero-order valence-electron chi connectivity index (χ0n) is 9.37. The van der Waals surface area contributed by atoms with Crippen molar-refractivity contribution < 1.29 is 17.9 Å². The number of ether oxygens (including phenoxy) is 1. The van der Waals surface area contributed by atoms with Crippen LogP contribution in [0.3, 0.4) is 0 Å². The molecule has 0 radical (unpaired) electrons. The van der Waals surface area contributed by atoms with Crippen molar-refractivity contribution >= 4 is 10.9 Å². The van der Waals surface area contributed by atoms with Crippen LogP contribution in [0.15, 0.2) is 30.5 Å². The maximum atomic E-state index is 12.5. The van der Waals surface area contributed by atoms with Crippen LogP contribution in [0, 0.1) is 0 Å². The molecule has 0 bridgehead atoms. The molecule has 6 heteroatoms. The third-order valence-corrected chi connectivity index (χ3v) is 2.41. The Hall–Kier alpha value is -1.82. The molecular formula is C12H11F3N2O. The highest BCUT2D eigenvalue weighted by atomic mass is 19.4. The van der Waals surface area contributed by atoms with E-state index in [-0.39, 0.29) is 5.52 Å². The molecule has 2 N–H and O–H groups in total. The summed E-state index contributed by atoms with van der Waals surface area (Å²) in [4.78, 5) is 3.91. The Morgan fingerprint density at radius 2 is 2.00 bits per heavy atom. The number of alkyl halides is 3. The first-order chi connectivity index (χ1) is 8.52. The predicted molar refractivity (Wildman–Crippen MR) is 61.3 cm³/mol. The average molecular weight is 256 g/mol. The number of hydrogen-bond acceptors (Lipinski definition) is 3. The summed E-state index contributed by atoms with van der Waals surface area (Å²) in [6.45, 7) is 0.643. The maximum absolute atomic E-state index is 12.5. The fourth-order valence-electron chi connectivity index (χ4n) is 1.59. The number of aromatic nitrogens is 1. The third-order valence-electron chi connectivity index (χ3n) is 2.41. The topological polar surface area (TPSA) is 48.1 Å². The molecule has 0 spiro atoms. The molecule has 0 aliphatic carbocycles. The van der Waals surface area contributed by atoms with E-state index in [4.69, 9.17) is 10.5 Å². The van der Waals surface area contributed by atoms with Gasteiger partial charge in [0.25, 0.3) is 0 Å². The highest BCUT2D eigenvalue weighted by Gasteiger charge is 2.30. The average Bonchev–Trinajstić information content (AvgIpc) is 2.34. The first-order valence-electron chi connectivity index (χ1n) is 5.31. The highest BCUT2D eigenvalue weighted by Crippen LogP contribution is 2.33. The summed E-state index contributed by atoms with van der Waals surface area (Å²) in [6, 6.07) is 4.98. The van der Waals surface area contributed by atoms with Crippen molar-refractivity contribution in [3.8, 4) is 5.75 Å². The number of benzene rings is 1. The van der Waals surface area contributed by atoms with E-state index in [2.05, 4.69) is 4.98 Å². The summed E-state index contributed by atoms with van der Waals surface area (Å²) in [7, 11) is 0. The molecule has 1 aromatic heterocycles. The van der Waals surface area contributed by atoms with Gasteiger partial charge in [0.2, 0.25) is 0 Å². The van der Waals surface area contributed by atoms with Gasteiger partial charge in [-0.1, -0.05) is 0 Å². The van der Waals surface area contributed by atoms with Gasteiger partial charge in [-0.2, -0.15) is 13.2 Å². The molecule has 0 aliphatic heterocycles. The molecule has 1 heterocycles. The van der Waals surface area contributed by atoms with Crippen molar-refractivity contribution in [2.45, 2.75) is 6.18 Å². The largest absolute Gasteiger partial charge is 0.492 e. The van der Waals surface area contributed by atoms with E-state index >= 15 is 0 Å². The molecule has 18 heavy (non-hydrogen) atoms. The van der Waals surface area contributed by atoms with Crippen LogP contribution in [-0.2, 0) is 6.18 Å². The summed E-state index contributed by atoms with van der Waals surface area (Å²) >= 11 is 0. The second kappa shape index (κ2) is 4.81. The van der Waals surface area contributed by atoms with Crippen molar-refractivity contribution in [2.75, 3.05) is 13.2 Å². The van der Waals surface area contributed by atoms with Crippen LogP contribution in [-0.4, -0.2) is 18.1 Å². The summed E-state index contributed by atoms with van der Waals surface area (Å²) in [5, 5.41) is 0.541. The van der Waals surface area contributed by atoms with Crippen molar-refractivity contribution in [2.24, 2.45) is 5.73 Å². The van der Waals surface area contributed by atoms with Gasteiger partial charge in [0, 0.05) is 18.1 Å². The Morgan fingerprint density at radius 1 is 1.22 bits per heavy atom. The fraction of sp³-hybridized carbons (Fsp3) is 0.250. The van der Waals surface area contributed by atoms with Gasteiger partial charge < -0.3 is 10.5 Å². The molecule has 1 aromatic carbocycles. The van der Waals surface area contributed by atoms with Crippen molar-refractivity contribution in [1.82, 2.24) is 4.98 Å². The molecule has 2 rings (SSSR count). The van der Waals surface area contributed by atoms with E-state index in [1.807, 2.05) is 0 Å². The number of pyridine rings is 1. The van der Waals surface area contributed by atoms with E-state index in [1.54, 1.807) is 6.07 Å². The van der Waals surface area contributed by atoms with E-state index in [1.165, 1.54) is 12.3 Å². The monoisotopic (exact) mass is 256 g/mol. The highest BCUT2D eigenvalue weighted by molar-refractivity contribution is 5.85. The Balaban J connectivity index is 2.46. The zero-order chi connectivity index (χ0) is 13.2. The summed E-state index contributed by atoms with van der Waals surface area (Å²) in [5.74, 6) is 0.485. The number of fused-ring (bicyclic) bond motifs is 1. The van der Waals surface area contributed by atoms with Crippen LogP contribution in [0.25, 0.3) is 10.9 Å². The molecule has 3 nitrogen and oxygen atoms in total. The minimum Gasteiger partial charge on any atom is -0.492 e. The Kier molecular flexibility index (Phi) is 3.38. The predicted octanol–water partition coefficient (Wildman–Crippen LogP) is 2.59. The van der Waals surface area contributed by atoms with Gasteiger partial charge >= 0.3 is 6.18 Å². The molecular weight excluding hydrogens is 245 g/mol. The quantitative estimate of drug-likeness (QED) is 0.918. The molecule has 0 aliphatic rings. The Labute approximate surface area is 101 Å². The standard InChI is InChI=1S/C12H11F3N2O/c13-12(14,15)8-1-2-9-10(7-8)17-5-3-11(9)18-6-4-16/h1-3,5,7H,4,6,16H2. The Morgan fingerprint density at radius 3 is 2.67 bits per heavy atom. The second-order valence-electron chi connectivity index (χ2n) is 3.68. The number of hydrogen-bond donors (Lipinski definition) is 1. The number of halogens is 3. The van der Waals surface area contributed by atoms with Crippen LogP contribution >= 0.6 is 0 Å². The first-order valence-corrected chi connectivity index (χ1v) is 5.31. The van der Waals surface area contributed by atoms with Crippen LogP contribution < -0.4 is 10.5 Å². The molecule has 96 valence electrons. The van der Waals surface area contributed by atoms with Crippen LogP contribution in [0.1, 0.15) is 5.56 Å². The first kappa shape index (κ1) is 12.6. The van der Waals surface area contributed by atoms with Crippen LogP contribution in [0.2, 0.25) is 0 Å². The minimum absolute atomic E-state index is 0.249. The molecule has 0 amide bonds. The van der Waals surface area contributed by atoms with Crippen LogP contribution in [0.5, 0.6) is 5.75 Å². The lowest BCUT2D eigenvalue weighted by Crippen LogP contribution is -2.11. The number of rotatable bonds is 3. The van der Waals surface area contributed by atoms with Crippen LogP contribution in [0.4, 0.5) is 13.2 Å². The molecule has 0 unspecified atom stereocenters. The molecule has 2 aromatic rings. The van der Waals surface area contributed by atoms with Crippen molar-refractivity contribution in [1.29, 1.82) is 0 Å². The lowest BCUT2D eigenvalue weighted by Gasteiger charge is -2.10. The smallest absolute Gasteiger partial charge is 0.416 e. The summed E-state index contributed by atoms with van der Waals surface area (Å²) in [5.41, 5.74) is 4.84. The lowest BCUT2D eigenvalue weighted by molar-refractivity contribution is -0.137. The van der Waals surface area contributed by atoms with E-state index in [0.29, 0.717) is 24.3 Å². The van der Waals surface area contributed by atoms with Gasteiger partial charge in [0.05, 0.1) is 11.1 Å². The Bertz CT molecular complexity index is 555. The van der Waals surface area contributed by atoms with Crippen molar-refractivity contribution in [3.63, 3.8) is 0 Å². The molecule has 0 fully saturated rings. The fourth-order valence-corrected chi connectivity index (χ4v) is 1.59. The number of nitrogens with two attached hydrogens (primary N) is 1. The van der Waals surface area contributed by atoms with Gasteiger partial charge in [-0.25, -0.2) is 0 Å². The number of nitrogens with zero attached hydrogens (tertiary/aromatic N) is 1. The van der Waals surface area contributed by atoms with Gasteiger partial charge in [-0.05, 0) is 24.3 Å². The third kappa shape index (κ3) is 2.53. The SMILES string of the molecule is NCCOc1ccnc2cc(C(F)(F)F)ccc12. The molecule has 0 saturated heterocycles. The van der Waals surface area contributed by atoms with Gasteiger partial charge in [-0.15, -0.1) is 0 Å². The zero-order valence-corrected chi connectivity index (χ0v) is 9.37.